The quantitative estimate of drug-likeness (QED) is 0.202. The molecule has 0 spiro atoms. The number of halogens is 5. The van der Waals surface area contributed by atoms with Crippen LogP contribution in [-0.2, 0) is 16.0 Å². The molecule has 0 amide bonds. The molecule has 0 bridgehead atoms. The summed E-state index contributed by atoms with van der Waals surface area (Å²) in [5.41, 5.74) is -0.157. The first-order chi connectivity index (χ1) is 13.6. The van der Waals surface area contributed by atoms with E-state index in [9.17, 15) is 31.5 Å². The molecule has 0 aliphatic heterocycles. The zero-order valence-electron chi connectivity index (χ0n) is 15.1. The van der Waals surface area contributed by atoms with Crippen molar-refractivity contribution in [2.24, 2.45) is 5.92 Å². The fourth-order valence-corrected chi connectivity index (χ4v) is 2.42. The van der Waals surface area contributed by atoms with Crippen molar-refractivity contribution in [2.75, 3.05) is 6.61 Å². The van der Waals surface area contributed by atoms with Gasteiger partial charge in [0.15, 0.2) is 5.78 Å². The molecule has 0 saturated heterocycles. The lowest BCUT2D eigenvalue weighted by Gasteiger charge is -2.18. The topological polar surface area (TPSA) is 65.5 Å². The third kappa shape index (κ3) is 5.97. The Morgan fingerprint density at radius 1 is 1.14 bits per heavy atom. The molecule has 0 saturated carbocycles. The molecular formula is C19H16F5NO4. The van der Waals surface area contributed by atoms with Crippen LogP contribution in [0.4, 0.5) is 22.0 Å². The maximum atomic E-state index is 13.3. The Kier molecular flexibility index (Phi) is 7.24. The first-order valence-corrected chi connectivity index (χ1v) is 8.41. The summed E-state index contributed by atoms with van der Waals surface area (Å²) in [4.78, 5) is 28.3. The van der Waals surface area contributed by atoms with Gasteiger partial charge in [-0.3, -0.25) is 9.59 Å². The molecule has 1 atom stereocenters. The highest BCUT2D eigenvalue weighted by atomic mass is 19.3. The van der Waals surface area contributed by atoms with Crippen LogP contribution < -0.4 is 4.74 Å². The smallest absolute Gasteiger partial charge is 0.461 e. The van der Waals surface area contributed by atoms with Crippen LogP contribution in [-0.4, -0.2) is 35.9 Å². The number of pyridine rings is 1. The zero-order chi connectivity index (χ0) is 21.6. The molecule has 2 rings (SSSR count). The van der Waals surface area contributed by atoms with Gasteiger partial charge in [-0.25, -0.2) is 4.98 Å². The predicted octanol–water partition coefficient (Wildman–Crippen LogP) is 4.06. The molecule has 156 valence electrons. The van der Waals surface area contributed by atoms with Crippen molar-refractivity contribution in [3.63, 3.8) is 0 Å². The van der Waals surface area contributed by atoms with Crippen LogP contribution in [0.25, 0.3) is 0 Å². The summed E-state index contributed by atoms with van der Waals surface area (Å²) in [5, 5.41) is 0. The van der Waals surface area contributed by atoms with Crippen LogP contribution >= 0.6 is 0 Å². The number of carbonyl (C=O) groups is 2. The van der Waals surface area contributed by atoms with Gasteiger partial charge in [0.2, 0.25) is 5.95 Å². The standard InChI is InChI=1S/C19H16F5NO4/c1-2-28-17(27)13(16(26)14-7-4-8-15(20)25-14)10-11-5-3-6-12(9-11)29-19(23,24)18(21)22/h3-9,13,18H,2,10H2,1H3. The Morgan fingerprint density at radius 2 is 1.83 bits per heavy atom. The summed E-state index contributed by atoms with van der Waals surface area (Å²) in [5.74, 6) is -4.72. The summed E-state index contributed by atoms with van der Waals surface area (Å²) in [6, 6.07) is 8.09. The van der Waals surface area contributed by atoms with Crippen molar-refractivity contribution in [3.8, 4) is 5.75 Å². The van der Waals surface area contributed by atoms with Crippen LogP contribution in [0, 0.1) is 11.9 Å². The van der Waals surface area contributed by atoms with E-state index in [1.807, 2.05) is 0 Å². The molecule has 10 heteroatoms. The van der Waals surface area contributed by atoms with Gasteiger partial charge in [0.1, 0.15) is 17.4 Å². The Morgan fingerprint density at radius 3 is 2.45 bits per heavy atom. The third-order valence-corrected chi connectivity index (χ3v) is 3.70. The molecule has 0 radical (unpaired) electrons. The molecule has 0 aliphatic carbocycles. The number of carbonyl (C=O) groups excluding carboxylic acids is 2. The molecule has 29 heavy (non-hydrogen) atoms. The summed E-state index contributed by atoms with van der Waals surface area (Å²) in [7, 11) is 0. The zero-order valence-corrected chi connectivity index (χ0v) is 15.1. The van der Waals surface area contributed by atoms with Gasteiger partial charge in [0, 0.05) is 0 Å². The second-order valence-electron chi connectivity index (χ2n) is 5.83. The highest BCUT2D eigenvalue weighted by Crippen LogP contribution is 2.28. The number of esters is 1. The average Bonchev–Trinajstić information content (AvgIpc) is 2.65. The van der Waals surface area contributed by atoms with Gasteiger partial charge in [0.25, 0.3) is 0 Å². The van der Waals surface area contributed by atoms with Gasteiger partial charge in [-0.15, -0.1) is 0 Å². The molecule has 0 aliphatic rings. The molecule has 1 unspecified atom stereocenters. The molecule has 0 N–H and O–H groups in total. The van der Waals surface area contributed by atoms with Gasteiger partial charge in [-0.05, 0) is 43.2 Å². The highest BCUT2D eigenvalue weighted by molar-refractivity contribution is 6.07. The fraction of sp³-hybridized carbons (Fsp3) is 0.316. The Balaban J connectivity index is 2.28. The lowest BCUT2D eigenvalue weighted by Crippen LogP contribution is -2.33. The summed E-state index contributed by atoms with van der Waals surface area (Å²) in [6.45, 7) is 1.48. The van der Waals surface area contributed by atoms with Crippen LogP contribution in [0.3, 0.4) is 0 Å². The molecular weight excluding hydrogens is 401 g/mol. The minimum atomic E-state index is -4.71. The second-order valence-corrected chi connectivity index (χ2v) is 5.83. The minimum absolute atomic E-state index is 0.0387. The molecule has 2 aromatic rings. The number of hydrogen-bond donors (Lipinski definition) is 0. The highest BCUT2D eigenvalue weighted by Gasteiger charge is 2.44. The van der Waals surface area contributed by atoms with E-state index < -0.39 is 41.9 Å². The number of ether oxygens (including phenoxy) is 2. The molecule has 1 aromatic carbocycles. The number of aromatic nitrogens is 1. The number of nitrogens with zero attached hydrogens (tertiary/aromatic N) is 1. The van der Waals surface area contributed by atoms with E-state index in [4.69, 9.17) is 4.74 Å². The van der Waals surface area contributed by atoms with Gasteiger partial charge in [0.05, 0.1) is 6.61 Å². The summed E-state index contributed by atoms with van der Waals surface area (Å²) >= 11 is 0. The van der Waals surface area contributed by atoms with Crippen molar-refractivity contribution in [2.45, 2.75) is 25.9 Å². The number of benzene rings is 1. The molecule has 0 fully saturated rings. The first-order valence-electron chi connectivity index (χ1n) is 8.41. The van der Waals surface area contributed by atoms with Crippen LogP contribution in [0.5, 0.6) is 5.75 Å². The minimum Gasteiger partial charge on any atom is -0.465 e. The van der Waals surface area contributed by atoms with Crippen molar-refractivity contribution in [1.29, 1.82) is 0 Å². The van der Waals surface area contributed by atoms with E-state index in [2.05, 4.69) is 9.72 Å². The maximum Gasteiger partial charge on any atom is 0.461 e. The van der Waals surface area contributed by atoms with Crippen molar-refractivity contribution in [1.82, 2.24) is 4.98 Å². The van der Waals surface area contributed by atoms with E-state index >= 15 is 0 Å². The number of hydrogen-bond acceptors (Lipinski definition) is 5. The van der Waals surface area contributed by atoms with Gasteiger partial charge < -0.3 is 9.47 Å². The van der Waals surface area contributed by atoms with Crippen LogP contribution in [0.2, 0.25) is 0 Å². The largest absolute Gasteiger partial charge is 0.465 e. The van der Waals surface area contributed by atoms with Crippen LogP contribution in [0.1, 0.15) is 23.0 Å². The lowest BCUT2D eigenvalue weighted by molar-refractivity contribution is -0.253. The average molecular weight is 417 g/mol. The number of alkyl halides is 4. The van der Waals surface area contributed by atoms with E-state index in [0.29, 0.717) is 0 Å². The van der Waals surface area contributed by atoms with Crippen molar-refractivity contribution >= 4 is 11.8 Å². The Bertz CT molecular complexity index is 875. The van der Waals surface area contributed by atoms with Crippen LogP contribution in [0.15, 0.2) is 42.5 Å². The van der Waals surface area contributed by atoms with E-state index in [1.54, 1.807) is 0 Å². The number of rotatable bonds is 9. The van der Waals surface area contributed by atoms with Crippen molar-refractivity contribution < 1.29 is 41.0 Å². The second kappa shape index (κ2) is 9.44. The van der Waals surface area contributed by atoms with Gasteiger partial charge in [-0.2, -0.15) is 22.0 Å². The summed E-state index contributed by atoms with van der Waals surface area (Å²) < 4.78 is 73.0. The van der Waals surface area contributed by atoms with E-state index in [-0.39, 0.29) is 24.3 Å². The first kappa shape index (κ1) is 22.3. The monoisotopic (exact) mass is 417 g/mol. The van der Waals surface area contributed by atoms with E-state index in [1.165, 1.54) is 31.2 Å². The van der Waals surface area contributed by atoms with Gasteiger partial charge >= 0.3 is 18.5 Å². The lowest BCUT2D eigenvalue weighted by atomic mass is 9.93. The SMILES string of the molecule is CCOC(=O)C(Cc1cccc(OC(F)(F)C(F)F)c1)C(=O)c1cccc(F)n1. The van der Waals surface area contributed by atoms with Crippen molar-refractivity contribution in [3.05, 3.63) is 59.7 Å². The molecule has 1 heterocycles. The Hall–Kier alpha value is -3.04. The molecule has 5 nitrogen and oxygen atoms in total. The third-order valence-electron chi connectivity index (χ3n) is 3.70. The fourth-order valence-electron chi connectivity index (χ4n) is 2.42. The maximum absolute atomic E-state index is 13.3. The number of Topliss-reactive ketones (excluding diaryl/α,β-unsaturated/α-hetero) is 1. The molecule has 1 aromatic heterocycles. The Labute approximate surface area is 162 Å². The van der Waals surface area contributed by atoms with E-state index in [0.717, 1.165) is 18.2 Å². The van der Waals surface area contributed by atoms with Gasteiger partial charge in [-0.1, -0.05) is 18.2 Å². The number of ketones is 1. The summed E-state index contributed by atoms with van der Waals surface area (Å²) in [6.07, 6.45) is -9.08. The predicted molar refractivity (Wildman–Crippen MR) is 90.4 cm³/mol. The normalized spacial score (nSPS) is 12.5.